The fourth-order valence-corrected chi connectivity index (χ4v) is 3.39. The van der Waals surface area contributed by atoms with Crippen LogP contribution in [0.2, 0.25) is 0 Å². The summed E-state index contributed by atoms with van der Waals surface area (Å²) in [6.45, 7) is 8.91. The summed E-state index contributed by atoms with van der Waals surface area (Å²) in [5.41, 5.74) is 3.85. The molecule has 5 nitrogen and oxygen atoms in total. The molecule has 0 saturated carbocycles. The van der Waals surface area contributed by atoms with E-state index in [0.717, 1.165) is 37.2 Å². The SMILES string of the molecule is CCn1c(C)cc(C(=O)O[C@H](C)C(=O)NCCC2=CCCCC2)c1C. The molecule has 0 aromatic carbocycles. The Morgan fingerprint density at radius 3 is 2.68 bits per heavy atom. The van der Waals surface area contributed by atoms with Crippen molar-refractivity contribution in [2.24, 2.45) is 0 Å². The minimum Gasteiger partial charge on any atom is -0.449 e. The van der Waals surface area contributed by atoms with E-state index in [2.05, 4.69) is 16.0 Å². The Labute approximate surface area is 150 Å². The molecule has 1 aliphatic carbocycles. The maximum absolute atomic E-state index is 12.4. The molecule has 138 valence electrons. The van der Waals surface area contributed by atoms with Gasteiger partial charge in [-0.3, -0.25) is 4.79 Å². The molecule has 1 aromatic rings. The number of hydrogen-bond donors (Lipinski definition) is 1. The van der Waals surface area contributed by atoms with Crippen LogP contribution in [0, 0.1) is 13.8 Å². The minimum atomic E-state index is -0.794. The highest BCUT2D eigenvalue weighted by molar-refractivity contribution is 5.93. The predicted molar refractivity (Wildman–Crippen MR) is 98.6 cm³/mol. The van der Waals surface area contributed by atoms with Crippen LogP contribution >= 0.6 is 0 Å². The predicted octanol–water partition coefficient (Wildman–Crippen LogP) is 3.68. The largest absolute Gasteiger partial charge is 0.449 e. The zero-order valence-corrected chi connectivity index (χ0v) is 15.9. The van der Waals surface area contributed by atoms with E-state index in [-0.39, 0.29) is 5.91 Å². The van der Waals surface area contributed by atoms with Gasteiger partial charge in [0.1, 0.15) is 0 Å². The molecule has 0 fully saturated rings. The molecule has 1 aromatic heterocycles. The van der Waals surface area contributed by atoms with E-state index >= 15 is 0 Å². The Morgan fingerprint density at radius 2 is 2.08 bits per heavy atom. The number of allylic oxidation sites excluding steroid dienone is 1. The Morgan fingerprint density at radius 1 is 1.32 bits per heavy atom. The van der Waals surface area contributed by atoms with Crippen molar-refractivity contribution < 1.29 is 14.3 Å². The van der Waals surface area contributed by atoms with Crippen molar-refractivity contribution in [1.29, 1.82) is 0 Å². The molecule has 0 saturated heterocycles. The molecular formula is C20H30N2O3. The third-order valence-electron chi connectivity index (χ3n) is 4.89. The van der Waals surface area contributed by atoms with E-state index in [9.17, 15) is 9.59 Å². The minimum absolute atomic E-state index is 0.242. The molecule has 0 aliphatic heterocycles. The number of esters is 1. The highest BCUT2D eigenvalue weighted by Gasteiger charge is 2.22. The van der Waals surface area contributed by atoms with Gasteiger partial charge in [-0.2, -0.15) is 0 Å². The summed E-state index contributed by atoms with van der Waals surface area (Å²) in [7, 11) is 0. The topological polar surface area (TPSA) is 60.3 Å². The first kappa shape index (κ1) is 19.3. The van der Waals surface area contributed by atoms with Crippen LogP contribution in [0.25, 0.3) is 0 Å². The van der Waals surface area contributed by atoms with E-state index < -0.39 is 12.1 Å². The van der Waals surface area contributed by atoms with Crippen molar-refractivity contribution in [3.8, 4) is 0 Å². The maximum atomic E-state index is 12.4. The van der Waals surface area contributed by atoms with E-state index in [4.69, 9.17) is 4.74 Å². The van der Waals surface area contributed by atoms with Crippen LogP contribution in [-0.4, -0.2) is 29.1 Å². The molecule has 0 bridgehead atoms. The average molecular weight is 346 g/mol. The highest BCUT2D eigenvalue weighted by atomic mass is 16.5. The molecule has 1 heterocycles. The van der Waals surface area contributed by atoms with Gasteiger partial charge in [-0.1, -0.05) is 11.6 Å². The summed E-state index contributed by atoms with van der Waals surface area (Å²) in [5, 5.41) is 2.87. The lowest BCUT2D eigenvalue weighted by Crippen LogP contribution is -2.36. The van der Waals surface area contributed by atoms with Crippen LogP contribution in [0.5, 0.6) is 0 Å². The highest BCUT2D eigenvalue weighted by Crippen LogP contribution is 2.19. The second-order valence-electron chi connectivity index (χ2n) is 6.73. The van der Waals surface area contributed by atoms with Crippen molar-refractivity contribution in [2.45, 2.75) is 72.4 Å². The van der Waals surface area contributed by atoms with Gasteiger partial charge in [0.15, 0.2) is 6.10 Å². The molecule has 1 atom stereocenters. The standard InChI is InChI=1S/C20H30N2O3/c1-5-22-14(2)13-18(15(22)3)20(24)25-16(4)19(23)21-12-11-17-9-7-6-8-10-17/h9,13,16H,5-8,10-12H2,1-4H3,(H,21,23)/t16-/m1/s1. The van der Waals surface area contributed by atoms with Gasteiger partial charge >= 0.3 is 5.97 Å². The molecule has 1 N–H and O–H groups in total. The number of aromatic nitrogens is 1. The summed E-state index contributed by atoms with van der Waals surface area (Å²) >= 11 is 0. The van der Waals surface area contributed by atoms with Gasteiger partial charge < -0.3 is 14.6 Å². The normalized spacial score (nSPS) is 15.4. The van der Waals surface area contributed by atoms with Gasteiger partial charge in [0.2, 0.25) is 0 Å². The lowest BCUT2D eigenvalue weighted by Gasteiger charge is -2.15. The average Bonchev–Trinajstić information content (AvgIpc) is 2.89. The first-order valence-electron chi connectivity index (χ1n) is 9.27. The number of amides is 1. The van der Waals surface area contributed by atoms with Crippen LogP contribution < -0.4 is 5.32 Å². The molecule has 1 aliphatic rings. The van der Waals surface area contributed by atoms with E-state index in [1.165, 1.54) is 18.4 Å². The van der Waals surface area contributed by atoms with Gasteiger partial charge in [0.05, 0.1) is 5.56 Å². The zero-order valence-electron chi connectivity index (χ0n) is 15.9. The third kappa shape index (κ3) is 4.97. The van der Waals surface area contributed by atoms with Gasteiger partial charge in [-0.25, -0.2) is 4.79 Å². The number of rotatable bonds is 7. The Kier molecular flexibility index (Phi) is 6.85. The number of ether oxygens (including phenoxy) is 1. The third-order valence-corrected chi connectivity index (χ3v) is 4.89. The van der Waals surface area contributed by atoms with Crippen LogP contribution in [0.15, 0.2) is 17.7 Å². The summed E-state index contributed by atoms with van der Waals surface area (Å²) in [5.74, 6) is -0.681. The second-order valence-corrected chi connectivity index (χ2v) is 6.73. The maximum Gasteiger partial charge on any atom is 0.340 e. The monoisotopic (exact) mass is 346 g/mol. The smallest absolute Gasteiger partial charge is 0.340 e. The van der Waals surface area contributed by atoms with Crippen LogP contribution in [0.1, 0.15) is 67.7 Å². The number of nitrogens with one attached hydrogen (secondary N) is 1. The molecule has 0 unspecified atom stereocenters. The summed E-state index contributed by atoms with van der Waals surface area (Å²) < 4.78 is 7.41. The van der Waals surface area contributed by atoms with Crippen molar-refractivity contribution in [3.05, 3.63) is 34.7 Å². The van der Waals surface area contributed by atoms with Gasteiger partial charge in [-0.15, -0.1) is 0 Å². The molecule has 25 heavy (non-hydrogen) atoms. The summed E-state index contributed by atoms with van der Waals surface area (Å²) in [6, 6.07) is 1.82. The first-order chi connectivity index (χ1) is 11.9. The fraction of sp³-hybridized carbons (Fsp3) is 0.600. The van der Waals surface area contributed by atoms with Crippen molar-refractivity contribution >= 4 is 11.9 Å². The van der Waals surface area contributed by atoms with E-state index in [1.807, 2.05) is 26.8 Å². The fourth-order valence-electron chi connectivity index (χ4n) is 3.39. The van der Waals surface area contributed by atoms with Crippen molar-refractivity contribution in [1.82, 2.24) is 9.88 Å². The van der Waals surface area contributed by atoms with Crippen molar-refractivity contribution in [2.75, 3.05) is 6.54 Å². The Balaban J connectivity index is 1.83. The Bertz CT molecular complexity index is 658. The molecule has 2 rings (SSSR count). The number of carbonyl (C=O) groups excluding carboxylic acids is 2. The second kappa shape index (κ2) is 8.88. The molecule has 0 radical (unpaired) electrons. The zero-order chi connectivity index (χ0) is 18.4. The van der Waals surface area contributed by atoms with E-state index in [1.54, 1.807) is 6.92 Å². The number of carbonyl (C=O) groups is 2. The molecular weight excluding hydrogens is 316 g/mol. The van der Waals surface area contributed by atoms with Crippen LogP contribution in [0.3, 0.4) is 0 Å². The lowest BCUT2D eigenvalue weighted by atomic mass is 9.97. The van der Waals surface area contributed by atoms with Gasteiger partial charge in [0, 0.05) is 24.5 Å². The summed E-state index contributed by atoms with van der Waals surface area (Å²) in [6.07, 6.45) is 7.15. The van der Waals surface area contributed by atoms with Gasteiger partial charge in [0.25, 0.3) is 5.91 Å². The quantitative estimate of drug-likeness (QED) is 0.605. The van der Waals surface area contributed by atoms with Crippen molar-refractivity contribution in [3.63, 3.8) is 0 Å². The van der Waals surface area contributed by atoms with Gasteiger partial charge in [-0.05, 0) is 65.9 Å². The lowest BCUT2D eigenvalue weighted by molar-refractivity contribution is -0.129. The number of aryl methyl sites for hydroxylation is 1. The molecule has 5 heteroatoms. The Hall–Kier alpha value is -2.04. The first-order valence-corrected chi connectivity index (χ1v) is 9.27. The van der Waals surface area contributed by atoms with Crippen LogP contribution in [-0.2, 0) is 16.1 Å². The molecule has 1 amide bonds. The number of hydrogen-bond acceptors (Lipinski definition) is 3. The van der Waals surface area contributed by atoms with E-state index in [0.29, 0.717) is 12.1 Å². The number of nitrogens with zero attached hydrogens (tertiary/aromatic N) is 1. The summed E-state index contributed by atoms with van der Waals surface area (Å²) in [4.78, 5) is 24.5. The van der Waals surface area contributed by atoms with Crippen LogP contribution in [0.4, 0.5) is 0 Å². The molecule has 0 spiro atoms.